The minimum Gasteiger partial charge on any atom is -0.336 e. The fourth-order valence-corrected chi connectivity index (χ4v) is 2.00. The van der Waals surface area contributed by atoms with Gasteiger partial charge in [0.25, 0.3) is 5.91 Å². The lowest BCUT2D eigenvalue weighted by Crippen LogP contribution is -2.15. The maximum absolute atomic E-state index is 13.6. The molecule has 0 aliphatic rings. The lowest BCUT2D eigenvalue weighted by atomic mass is 10.2. The van der Waals surface area contributed by atoms with Gasteiger partial charge in [0.2, 0.25) is 0 Å². The monoisotopic (exact) mass is 344 g/mol. The Hall–Kier alpha value is -3.42. The molecule has 1 aromatic heterocycles. The van der Waals surface area contributed by atoms with E-state index in [9.17, 15) is 18.0 Å². The van der Waals surface area contributed by atoms with Gasteiger partial charge in [0.05, 0.1) is 11.4 Å². The Morgan fingerprint density at radius 3 is 2.32 bits per heavy atom. The molecule has 0 saturated carbocycles. The molecular formula is C17H11F3N4O. The second-order valence-electron chi connectivity index (χ2n) is 4.99. The number of nitrogens with one attached hydrogen (secondary N) is 2. The van der Waals surface area contributed by atoms with Crippen molar-refractivity contribution >= 4 is 23.1 Å². The molecule has 1 amide bonds. The van der Waals surface area contributed by atoms with Crippen LogP contribution in [0.25, 0.3) is 0 Å². The number of carbonyl (C=O) groups excluding carboxylic acids is 1. The number of nitrogens with zero attached hydrogens (tertiary/aromatic N) is 2. The lowest BCUT2D eigenvalue weighted by molar-refractivity contribution is 0.102. The van der Waals surface area contributed by atoms with Crippen LogP contribution in [0.4, 0.5) is 30.4 Å². The van der Waals surface area contributed by atoms with Gasteiger partial charge < -0.3 is 10.6 Å². The maximum Gasteiger partial charge on any atom is 0.276 e. The smallest absolute Gasteiger partial charge is 0.276 e. The van der Waals surface area contributed by atoms with Gasteiger partial charge in [0.1, 0.15) is 17.5 Å². The van der Waals surface area contributed by atoms with Crippen molar-refractivity contribution in [2.75, 3.05) is 10.6 Å². The largest absolute Gasteiger partial charge is 0.336 e. The van der Waals surface area contributed by atoms with Gasteiger partial charge in [0, 0.05) is 6.07 Å². The zero-order chi connectivity index (χ0) is 17.8. The number of para-hydroxylation sites is 1. The molecule has 0 fully saturated rings. The fourth-order valence-electron chi connectivity index (χ4n) is 2.00. The van der Waals surface area contributed by atoms with Crippen molar-refractivity contribution in [2.24, 2.45) is 0 Å². The van der Waals surface area contributed by atoms with Gasteiger partial charge in [-0.1, -0.05) is 12.1 Å². The number of halogens is 3. The van der Waals surface area contributed by atoms with E-state index in [2.05, 4.69) is 20.8 Å². The van der Waals surface area contributed by atoms with Crippen LogP contribution in [-0.4, -0.2) is 16.1 Å². The molecule has 3 rings (SSSR count). The Bertz CT molecular complexity index is 916. The van der Waals surface area contributed by atoms with E-state index < -0.39 is 23.4 Å². The minimum absolute atomic E-state index is 0.0132. The van der Waals surface area contributed by atoms with Crippen molar-refractivity contribution in [3.8, 4) is 0 Å². The standard InChI is InChI=1S/C17H11F3N4O/c18-10-5-6-14(12(20)9-10)21-16-8-7-15(23-24-16)17(25)22-13-4-2-1-3-11(13)19/h1-9H,(H,21,24)(H,22,25). The Morgan fingerprint density at radius 2 is 1.64 bits per heavy atom. The molecule has 0 spiro atoms. The number of rotatable bonds is 4. The van der Waals surface area contributed by atoms with Crippen molar-refractivity contribution < 1.29 is 18.0 Å². The Balaban J connectivity index is 1.71. The predicted octanol–water partition coefficient (Wildman–Crippen LogP) is 3.89. The number of carbonyl (C=O) groups is 1. The van der Waals surface area contributed by atoms with Crippen molar-refractivity contribution in [3.63, 3.8) is 0 Å². The summed E-state index contributed by atoms with van der Waals surface area (Å²) < 4.78 is 40.0. The highest BCUT2D eigenvalue weighted by molar-refractivity contribution is 6.02. The second kappa shape index (κ2) is 7.00. The van der Waals surface area contributed by atoms with E-state index >= 15 is 0 Å². The first-order chi connectivity index (χ1) is 12.0. The van der Waals surface area contributed by atoms with Crippen LogP contribution in [0.2, 0.25) is 0 Å². The van der Waals surface area contributed by atoms with Crippen LogP contribution >= 0.6 is 0 Å². The molecule has 2 aromatic carbocycles. The molecule has 1 heterocycles. The number of benzene rings is 2. The van der Waals surface area contributed by atoms with Crippen molar-refractivity contribution in [1.29, 1.82) is 0 Å². The molecule has 3 aromatic rings. The summed E-state index contributed by atoms with van der Waals surface area (Å²) >= 11 is 0. The first-order valence-electron chi connectivity index (χ1n) is 7.14. The summed E-state index contributed by atoms with van der Waals surface area (Å²) in [6, 6.07) is 11.5. The zero-order valence-electron chi connectivity index (χ0n) is 12.6. The molecule has 0 unspecified atom stereocenters. The Morgan fingerprint density at radius 1 is 0.840 bits per heavy atom. The number of aromatic nitrogens is 2. The molecule has 5 nitrogen and oxygen atoms in total. The van der Waals surface area contributed by atoms with E-state index in [4.69, 9.17) is 0 Å². The van der Waals surface area contributed by atoms with Crippen LogP contribution in [0.3, 0.4) is 0 Å². The van der Waals surface area contributed by atoms with Crippen LogP contribution in [0.1, 0.15) is 10.5 Å². The number of hydrogen-bond donors (Lipinski definition) is 2. The summed E-state index contributed by atoms with van der Waals surface area (Å²) in [4.78, 5) is 12.0. The molecule has 0 radical (unpaired) electrons. The summed E-state index contributed by atoms with van der Waals surface area (Å²) in [6.07, 6.45) is 0. The van der Waals surface area contributed by atoms with E-state index in [-0.39, 0.29) is 22.9 Å². The van der Waals surface area contributed by atoms with Gasteiger partial charge in [-0.05, 0) is 36.4 Å². The fraction of sp³-hybridized carbons (Fsp3) is 0. The summed E-state index contributed by atoms with van der Waals surface area (Å²) in [7, 11) is 0. The highest BCUT2D eigenvalue weighted by Gasteiger charge is 2.11. The summed E-state index contributed by atoms with van der Waals surface area (Å²) in [5.74, 6) is -2.54. The summed E-state index contributed by atoms with van der Waals surface area (Å²) in [6.45, 7) is 0. The molecule has 2 N–H and O–H groups in total. The van der Waals surface area contributed by atoms with Crippen molar-refractivity contribution in [2.45, 2.75) is 0 Å². The Labute approximate surface area is 140 Å². The van der Waals surface area contributed by atoms with E-state index in [0.717, 1.165) is 12.1 Å². The SMILES string of the molecule is O=C(Nc1ccccc1F)c1ccc(Nc2ccc(F)cc2F)nn1. The normalized spacial score (nSPS) is 10.4. The predicted molar refractivity (Wildman–Crippen MR) is 86.0 cm³/mol. The zero-order valence-corrected chi connectivity index (χ0v) is 12.6. The summed E-state index contributed by atoms with van der Waals surface area (Å²) in [5, 5.41) is 12.4. The van der Waals surface area contributed by atoms with E-state index in [1.165, 1.54) is 36.4 Å². The Kier molecular flexibility index (Phi) is 4.60. The van der Waals surface area contributed by atoms with E-state index in [0.29, 0.717) is 0 Å². The average Bonchev–Trinajstić information content (AvgIpc) is 2.60. The molecule has 0 bridgehead atoms. The van der Waals surface area contributed by atoms with Crippen molar-refractivity contribution in [3.05, 3.63) is 77.7 Å². The second-order valence-corrected chi connectivity index (χ2v) is 4.99. The van der Waals surface area contributed by atoms with Gasteiger partial charge in [-0.25, -0.2) is 13.2 Å². The van der Waals surface area contributed by atoms with Crippen LogP contribution in [0.5, 0.6) is 0 Å². The van der Waals surface area contributed by atoms with E-state index in [1.807, 2.05) is 0 Å². The minimum atomic E-state index is -0.789. The topological polar surface area (TPSA) is 66.9 Å². The van der Waals surface area contributed by atoms with Crippen LogP contribution in [-0.2, 0) is 0 Å². The number of anilines is 3. The molecule has 25 heavy (non-hydrogen) atoms. The lowest BCUT2D eigenvalue weighted by Gasteiger charge is -2.08. The first kappa shape index (κ1) is 16.4. The molecular weight excluding hydrogens is 333 g/mol. The molecule has 0 atom stereocenters. The van der Waals surface area contributed by atoms with Gasteiger partial charge in [-0.2, -0.15) is 0 Å². The summed E-state index contributed by atoms with van der Waals surface area (Å²) in [5.41, 5.74) is -0.0162. The third kappa shape index (κ3) is 3.92. The van der Waals surface area contributed by atoms with Crippen LogP contribution < -0.4 is 10.6 Å². The van der Waals surface area contributed by atoms with Gasteiger partial charge >= 0.3 is 0 Å². The van der Waals surface area contributed by atoms with Gasteiger partial charge in [-0.3, -0.25) is 4.79 Å². The molecule has 126 valence electrons. The number of hydrogen-bond acceptors (Lipinski definition) is 4. The van der Waals surface area contributed by atoms with Gasteiger partial charge in [0.15, 0.2) is 11.5 Å². The van der Waals surface area contributed by atoms with Crippen molar-refractivity contribution in [1.82, 2.24) is 10.2 Å². The van der Waals surface area contributed by atoms with Crippen LogP contribution in [0, 0.1) is 17.5 Å². The highest BCUT2D eigenvalue weighted by Crippen LogP contribution is 2.19. The highest BCUT2D eigenvalue weighted by atomic mass is 19.1. The molecule has 8 heteroatoms. The average molecular weight is 344 g/mol. The quantitative estimate of drug-likeness (QED) is 0.753. The van der Waals surface area contributed by atoms with Crippen LogP contribution in [0.15, 0.2) is 54.6 Å². The third-order valence-electron chi connectivity index (χ3n) is 3.21. The third-order valence-corrected chi connectivity index (χ3v) is 3.21. The van der Waals surface area contributed by atoms with E-state index in [1.54, 1.807) is 6.07 Å². The molecule has 0 aliphatic heterocycles. The van der Waals surface area contributed by atoms with Gasteiger partial charge in [-0.15, -0.1) is 10.2 Å². The number of amides is 1. The first-order valence-corrected chi connectivity index (χ1v) is 7.14. The maximum atomic E-state index is 13.6. The molecule has 0 aliphatic carbocycles. The molecule has 0 saturated heterocycles.